The molecule has 2 rings (SSSR count). The van der Waals surface area contributed by atoms with Crippen molar-refractivity contribution in [2.75, 3.05) is 0 Å². The minimum absolute atomic E-state index is 0.793. The Hall–Kier alpha value is -0.0400. The Labute approximate surface area is 146 Å². The SMILES string of the molecule is CC1CCCCCCCCCC1NC1CCCCCCCCC1. The number of nitrogens with one attached hydrogen (secondary N) is 1. The highest BCUT2D eigenvalue weighted by molar-refractivity contribution is 4.80. The van der Waals surface area contributed by atoms with E-state index in [1.54, 1.807) is 0 Å². The molecule has 2 aliphatic carbocycles. The Morgan fingerprint density at radius 3 is 1.39 bits per heavy atom. The molecule has 0 aromatic rings. The van der Waals surface area contributed by atoms with E-state index in [2.05, 4.69) is 12.2 Å². The van der Waals surface area contributed by atoms with E-state index in [0.717, 1.165) is 18.0 Å². The van der Waals surface area contributed by atoms with Crippen molar-refractivity contribution in [2.24, 2.45) is 5.92 Å². The van der Waals surface area contributed by atoms with Crippen LogP contribution in [0.3, 0.4) is 0 Å². The molecule has 136 valence electrons. The topological polar surface area (TPSA) is 12.0 Å². The van der Waals surface area contributed by atoms with Crippen LogP contribution in [0, 0.1) is 5.92 Å². The van der Waals surface area contributed by atoms with Crippen molar-refractivity contribution in [3.63, 3.8) is 0 Å². The van der Waals surface area contributed by atoms with Gasteiger partial charge < -0.3 is 5.32 Å². The van der Waals surface area contributed by atoms with Gasteiger partial charge in [-0.3, -0.25) is 0 Å². The predicted molar refractivity (Wildman–Crippen MR) is 103 cm³/mol. The Kier molecular flexibility index (Phi) is 10.3. The van der Waals surface area contributed by atoms with Gasteiger partial charge in [0.15, 0.2) is 0 Å². The molecule has 0 heterocycles. The average Bonchev–Trinajstić information content (AvgIpc) is 2.61. The molecule has 0 aromatic carbocycles. The maximum absolute atomic E-state index is 4.16. The number of rotatable bonds is 2. The molecule has 1 N–H and O–H groups in total. The van der Waals surface area contributed by atoms with Gasteiger partial charge >= 0.3 is 0 Å². The van der Waals surface area contributed by atoms with Crippen molar-refractivity contribution in [1.29, 1.82) is 0 Å². The molecule has 1 nitrogen and oxygen atoms in total. The minimum atomic E-state index is 0.793. The maximum atomic E-state index is 4.16. The van der Waals surface area contributed by atoms with Crippen molar-refractivity contribution in [3.05, 3.63) is 0 Å². The van der Waals surface area contributed by atoms with Crippen LogP contribution in [0.2, 0.25) is 0 Å². The van der Waals surface area contributed by atoms with Crippen molar-refractivity contribution in [2.45, 2.75) is 135 Å². The first-order valence-electron chi connectivity index (χ1n) is 11.1. The van der Waals surface area contributed by atoms with Crippen molar-refractivity contribution < 1.29 is 0 Å². The van der Waals surface area contributed by atoms with Crippen LogP contribution < -0.4 is 5.32 Å². The van der Waals surface area contributed by atoms with Crippen LogP contribution in [0.15, 0.2) is 0 Å². The van der Waals surface area contributed by atoms with Gasteiger partial charge in [-0.05, 0) is 31.6 Å². The maximum Gasteiger partial charge on any atom is 0.00952 e. The van der Waals surface area contributed by atoms with Gasteiger partial charge in [-0.25, -0.2) is 0 Å². The average molecular weight is 322 g/mol. The lowest BCUT2D eigenvalue weighted by atomic mass is 9.89. The van der Waals surface area contributed by atoms with Gasteiger partial charge in [0.1, 0.15) is 0 Å². The molecule has 0 radical (unpaired) electrons. The highest BCUT2D eigenvalue weighted by Gasteiger charge is 2.21. The van der Waals surface area contributed by atoms with Crippen LogP contribution in [0.1, 0.15) is 122 Å². The van der Waals surface area contributed by atoms with Gasteiger partial charge in [-0.15, -0.1) is 0 Å². The number of hydrogen-bond donors (Lipinski definition) is 1. The van der Waals surface area contributed by atoms with E-state index in [4.69, 9.17) is 0 Å². The molecule has 1 heteroatoms. The minimum Gasteiger partial charge on any atom is -0.311 e. The zero-order valence-electron chi connectivity index (χ0n) is 16.0. The summed E-state index contributed by atoms with van der Waals surface area (Å²) in [6.45, 7) is 2.52. The van der Waals surface area contributed by atoms with Gasteiger partial charge in [-0.1, -0.05) is 96.8 Å². The molecule has 0 amide bonds. The monoisotopic (exact) mass is 321 g/mol. The van der Waals surface area contributed by atoms with Gasteiger partial charge in [-0.2, -0.15) is 0 Å². The third-order valence-electron chi connectivity index (χ3n) is 6.42. The van der Waals surface area contributed by atoms with E-state index >= 15 is 0 Å². The summed E-state index contributed by atoms with van der Waals surface area (Å²) in [4.78, 5) is 0. The van der Waals surface area contributed by atoms with Crippen LogP contribution in [-0.2, 0) is 0 Å². The predicted octanol–water partition coefficient (Wildman–Crippen LogP) is 7.00. The van der Waals surface area contributed by atoms with Crippen LogP contribution in [0.5, 0.6) is 0 Å². The molecule has 0 aliphatic heterocycles. The molecular formula is C22H43N. The lowest BCUT2D eigenvalue weighted by Crippen LogP contribution is -2.42. The second kappa shape index (κ2) is 12.3. The molecule has 2 unspecified atom stereocenters. The second-order valence-corrected chi connectivity index (χ2v) is 8.55. The zero-order valence-corrected chi connectivity index (χ0v) is 16.0. The van der Waals surface area contributed by atoms with E-state index in [1.165, 1.54) is 116 Å². The molecule has 0 aromatic heterocycles. The van der Waals surface area contributed by atoms with E-state index in [1.807, 2.05) is 0 Å². The smallest absolute Gasteiger partial charge is 0.00952 e. The Bertz CT molecular complexity index is 265. The first-order valence-corrected chi connectivity index (χ1v) is 11.1. The Morgan fingerprint density at radius 1 is 0.478 bits per heavy atom. The van der Waals surface area contributed by atoms with Gasteiger partial charge in [0.2, 0.25) is 0 Å². The summed E-state index contributed by atoms with van der Waals surface area (Å²) < 4.78 is 0. The summed E-state index contributed by atoms with van der Waals surface area (Å²) >= 11 is 0. The van der Waals surface area contributed by atoms with E-state index in [-0.39, 0.29) is 0 Å². The van der Waals surface area contributed by atoms with Crippen molar-refractivity contribution >= 4 is 0 Å². The zero-order chi connectivity index (χ0) is 16.2. The Balaban J connectivity index is 1.83. The fourth-order valence-electron chi connectivity index (χ4n) is 4.73. The van der Waals surface area contributed by atoms with Crippen LogP contribution in [0.4, 0.5) is 0 Å². The molecule has 2 saturated carbocycles. The van der Waals surface area contributed by atoms with Gasteiger partial charge in [0, 0.05) is 12.1 Å². The van der Waals surface area contributed by atoms with Crippen molar-refractivity contribution in [3.8, 4) is 0 Å². The normalized spacial score (nSPS) is 31.2. The van der Waals surface area contributed by atoms with E-state index in [9.17, 15) is 0 Å². The second-order valence-electron chi connectivity index (χ2n) is 8.55. The third kappa shape index (κ3) is 8.57. The van der Waals surface area contributed by atoms with E-state index in [0.29, 0.717) is 0 Å². The highest BCUT2D eigenvalue weighted by Crippen LogP contribution is 2.24. The van der Waals surface area contributed by atoms with Crippen LogP contribution >= 0.6 is 0 Å². The molecule has 23 heavy (non-hydrogen) atoms. The lowest BCUT2D eigenvalue weighted by molar-refractivity contribution is 0.273. The molecule has 0 bridgehead atoms. The van der Waals surface area contributed by atoms with Crippen molar-refractivity contribution in [1.82, 2.24) is 5.32 Å². The fraction of sp³-hybridized carbons (Fsp3) is 1.00. The summed E-state index contributed by atoms with van der Waals surface area (Å²) in [5, 5.41) is 4.16. The first-order chi connectivity index (χ1) is 11.4. The molecule has 2 atom stereocenters. The van der Waals surface area contributed by atoms with Gasteiger partial charge in [0.05, 0.1) is 0 Å². The fourth-order valence-corrected chi connectivity index (χ4v) is 4.73. The third-order valence-corrected chi connectivity index (χ3v) is 6.42. The highest BCUT2D eigenvalue weighted by atomic mass is 15.0. The largest absolute Gasteiger partial charge is 0.311 e. The molecule has 2 fully saturated rings. The number of hydrogen-bond acceptors (Lipinski definition) is 1. The first kappa shape index (κ1) is 19.3. The summed E-state index contributed by atoms with van der Waals surface area (Å²) in [7, 11) is 0. The molecule has 2 aliphatic rings. The molecule has 0 spiro atoms. The quantitative estimate of drug-likeness (QED) is 0.577. The summed E-state index contributed by atoms with van der Waals surface area (Å²) in [5.74, 6) is 0.878. The summed E-state index contributed by atoms with van der Waals surface area (Å²) in [6, 6.07) is 1.60. The van der Waals surface area contributed by atoms with Crippen LogP contribution in [0.25, 0.3) is 0 Å². The molecular weight excluding hydrogens is 278 g/mol. The summed E-state index contributed by atoms with van der Waals surface area (Å²) in [6.07, 6.45) is 26.3. The standard InChI is InChI=1S/C22H43N/c1-20-16-12-8-4-2-7-11-15-19-22(20)23-21-17-13-9-5-3-6-10-14-18-21/h20-23H,2-19H2,1H3. The van der Waals surface area contributed by atoms with Crippen LogP contribution in [-0.4, -0.2) is 12.1 Å². The van der Waals surface area contributed by atoms with E-state index < -0.39 is 0 Å². The summed E-state index contributed by atoms with van der Waals surface area (Å²) in [5.41, 5.74) is 0. The molecule has 0 saturated heterocycles. The lowest BCUT2D eigenvalue weighted by Gasteiger charge is -2.31. The van der Waals surface area contributed by atoms with Gasteiger partial charge in [0.25, 0.3) is 0 Å². The Morgan fingerprint density at radius 2 is 0.870 bits per heavy atom.